The normalized spacial score (nSPS) is 14.8. The average molecular weight is 257 g/mol. The molecule has 70 valence electrons. The maximum atomic E-state index is 3.52. The van der Waals surface area contributed by atoms with Gasteiger partial charge in [0.2, 0.25) is 0 Å². The Balaban J connectivity index is 2.26. The molecular weight excluding hydrogens is 244 g/mol. The smallest absolute Gasteiger partial charge is 0.0704 e. The van der Waals surface area contributed by atoms with E-state index < -0.39 is 0 Å². The number of thiophene rings is 1. The highest BCUT2D eigenvalue weighted by Crippen LogP contribution is 2.41. The van der Waals surface area contributed by atoms with Crippen LogP contribution in [0.4, 0.5) is 0 Å². The van der Waals surface area contributed by atoms with Crippen LogP contribution < -0.4 is 0 Å². The standard InChI is InChI=1S/C11H13BrS/c1-2-3-9(8-4-5-8)10-6-7-11(12)13-10/h6-7H,2-5H2,1H3. The third kappa shape index (κ3) is 2.23. The first-order valence-electron chi connectivity index (χ1n) is 4.78. The van der Waals surface area contributed by atoms with Gasteiger partial charge >= 0.3 is 0 Å². The summed E-state index contributed by atoms with van der Waals surface area (Å²) in [5.74, 6) is 0. The van der Waals surface area contributed by atoms with E-state index in [4.69, 9.17) is 0 Å². The van der Waals surface area contributed by atoms with Crippen LogP contribution in [0.25, 0.3) is 5.57 Å². The Bertz CT molecular complexity index is 330. The molecule has 2 rings (SSSR count). The van der Waals surface area contributed by atoms with Crippen LogP contribution in [0.3, 0.4) is 0 Å². The van der Waals surface area contributed by atoms with E-state index in [0.29, 0.717) is 0 Å². The minimum atomic E-state index is 1.25. The summed E-state index contributed by atoms with van der Waals surface area (Å²) >= 11 is 5.38. The van der Waals surface area contributed by atoms with Gasteiger partial charge in [-0.1, -0.05) is 18.9 Å². The molecule has 0 nitrogen and oxygen atoms in total. The lowest BCUT2D eigenvalue weighted by atomic mass is 10.1. The summed E-state index contributed by atoms with van der Waals surface area (Å²) in [5.41, 5.74) is 3.31. The van der Waals surface area contributed by atoms with Crippen LogP contribution >= 0.6 is 27.3 Å². The van der Waals surface area contributed by atoms with Crippen molar-refractivity contribution in [3.05, 3.63) is 26.4 Å². The van der Waals surface area contributed by atoms with Gasteiger partial charge < -0.3 is 0 Å². The summed E-state index contributed by atoms with van der Waals surface area (Å²) in [6, 6.07) is 4.39. The number of rotatable bonds is 3. The highest BCUT2D eigenvalue weighted by Gasteiger charge is 2.18. The Labute approximate surface area is 91.8 Å². The number of halogens is 1. The van der Waals surface area contributed by atoms with E-state index in [2.05, 4.69) is 35.0 Å². The van der Waals surface area contributed by atoms with E-state index in [-0.39, 0.29) is 0 Å². The highest BCUT2D eigenvalue weighted by atomic mass is 79.9. The fourth-order valence-corrected chi connectivity index (χ4v) is 3.07. The van der Waals surface area contributed by atoms with E-state index in [1.54, 1.807) is 11.1 Å². The third-order valence-electron chi connectivity index (χ3n) is 2.30. The first-order valence-corrected chi connectivity index (χ1v) is 6.39. The van der Waals surface area contributed by atoms with Gasteiger partial charge in [-0.05, 0) is 52.9 Å². The van der Waals surface area contributed by atoms with Gasteiger partial charge in [-0.2, -0.15) is 0 Å². The van der Waals surface area contributed by atoms with Crippen molar-refractivity contribution in [2.75, 3.05) is 0 Å². The quantitative estimate of drug-likeness (QED) is 0.725. The molecule has 0 unspecified atom stereocenters. The summed E-state index contributed by atoms with van der Waals surface area (Å²) < 4.78 is 1.25. The van der Waals surface area contributed by atoms with Gasteiger partial charge in [0, 0.05) is 4.88 Å². The van der Waals surface area contributed by atoms with Crippen molar-refractivity contribution >= 4 is 32.8 Å². The van der Waals surface area contributed by atoms with E-state index >= 15 is 0 Å². The van der Waals surface area contributed by atoms with Crippen LogP contribution in [0.2, 0.25) is 0 Å². The Morgan fingerprint density at radius 3 is 2.69 bits per heavy atom. The Morgan fingerprint density at radius 2 is 2.23 bits per heavy atom. The molecule has 1 heterocycles. The van der Waals surface area contributed by atoms with Crippen molar-refractivity contribution in [2.24, 2.45) is 0 Å². The van der Waals surface area contributed by atoms with Crippen LogP contribution in [0.5, 0.6) is 0 Å². The number of hydrogen-bond acceptors (Lipinski definition) is 1. The topological polar surface area (TPSA) is 0 Å². The molecule has 0 saturated heterocycles. The van der Waals surface area contributed by atoms with Crippen molar-refractivity contribution in [1.29, 1.82) is 0 Å². The molecule has 13 heavy (non-hydrogen) atoms. The van der Waals surface area contributed by atoms with Crippen molar-refractivity contribution in [3.63, 3.8) is 0 Å². The zero-order valence-corrected chi connectivity index (χ0v) is 10.2. The summed E-state index contributed by atoms with van der Waals surface area (Å²) in [6.07, 6.45) is 5.19. The molecule has 1 saturated carbocycles. The maximum absolute atomic E-state index is 3.52. The molecule has 0 spiro atoms. The van der Waals surface area contributed by atoms with Crippen LogP contribution in [0.1, 0.15) is 37.5 Å². The van der Waals surface area contributed by atoms with Crippen molar-refractivity contribution in [1.82, 2.24) is 0 Å². The van der Waals surface area contributed by atoms with Gasteiger partial charge in [-0.15, -0.1) is 11.3 Å². The molecule has 1 aromatic heterocycles. The first-order chi connectivity index (χ1) is 6.31. The van der Waals surface area contributed by atoms with Crippen LogP contribution in [-0.2, 0) is 0 Å². The molecule has 0 aromatic carbocycles. The Hall–Kier alpha value is -0.0800. The number of allylic oxidation sites excluding steroid dienone is 2. The second-order valence-corrected chi connectivity index (χ2v) is 5.90. The second-order valence-electron chi connectivity index (χ2n) is 3.44. The molecule has 0 bridgehead atoms. The summed E-state index contributed by atoms with van der Waals surface area (Å²) in [5, 5.41) is 0. The van der Waals surface area contributed by atoms with Crippen molar-refractivity contribution < 1.29 is 0 Å². The predicted octanol–water partition coefficient (Wildman–Crippen LogP) is 4.86. The SMILES string of the molecule is CCCC(=C1CC1)c1ccc(Br)s1. The first kappa shape index (κ1) is 9.47. The summed E-state index contributed by atoms with van der Waals surface area (Å²) in [4.78, 5) is 1.47. The molecule has 1 fully saturated rings. The summed E-state index contributed by atoms with van der Waals surface area (Å²) in [6.45, 7) is 2.26. The number of hydrogen-bond donors (Lipinski definition) is 0. The molecule has 0 radical (unpaired) electrons. The monoisotopic (exact) mass is 256 g/mol. The average Bonchev–Trinajstić information content (AvgIpc) is 2.85. The Morgan fingerprint density at radius 1 is 1.46 bits per heavy atom. The molecule has 0 atom stereocenters. The molecule has 2 heteroatoms. The van der Waals surface area contributed by atoms with Crippen molar-refractivity contribution in [3.8, 4) is 0 Å². The third-order valence-corrected chi connectivity index (χ3v) is 3.98. The van der Waals surface area contributed by atoms with Gasteiger partial charge in [0.25, 0.3) is 0 Å². The zero-order valence-electron chi connectivity index (χ0n) is 7.77. The maximum Gasteiger partial charge on any atom is 0.0704 e. The second kappa shape index (κ2) is 3.97. The van der Waals surface area contributed by atoms with Gasteiger partial charge in [-0.3, -0.25) is 0 Å². The lowest BCUT2D eigenvalue weighted by Crippen LogP contribution is -1.78. The van der Waals surface area contributed by atoms with E-state index in [1.165, 1.54) is 34.3 Å². The lowest BCUT2D eigenvalue weighted by molar-refractivity contribution is 0.974. The molecule has 0 aliphatic heterocycles. The molecule has 0 amide bonds. The van der Waals surface area contributed by atoms with E-state index in [9.17, 15) is 0 Å². The van der Waals surface area contributed by atoms with Crippen molar-refractivity contribution in [2.45, 2.75) is 32.6 Å². The van der Waals surface area contributed by atoms with Gasteiger partial charge in [0.15, 0.2) is 0 Å². The largest absolute Gasteiger partial charge is 0.129 e. The fourth-order valence-electron chi connectivity index (χ4n) is 1.56. The van der Waals surface area contributed by atoms with E-state index in [0.717, 1.165) is 0 Å². The molecular formula is C11H13BrS. The molecule has 0 N–H and O–H groups in total. The van der Waals surface area contributed by atoms with Gasteiger partial charge in [-0.25, -0.2) is 0 Å². The van der Waals surface area contributed by atoms with Gasteiger partial charge in [0.05, 0.1) is 3.79 Å². The highest BCUT2D eigenvalue weighted by molar-refractivity contribution is 9.11. The van der Waals surface area contributed by atoms with Gasteiger partial charge in [0.1, 0.15) is 0 Å². The predicted molar refractivity (Wildman–Crippen MR) is 63.1 cm³/mol. The minimum absolute atomic E-state index is 1.25. The van der Waals surface area contributed by atoms with Crippen LogP contribution in [-0.4, -0.2) is 0 Å². The zero-order chi connectivity index (χ0) is 9.26. The minimum Gasteiger partial charge on any atom is -0.129 e. The van der Waals surface area contributed by atoms with Crippen LogP contribution in [0.15, 0.2) is 21.5 Å². The molecule has 1 aromatic rings. The Kier molecular flexibility index (Phi) is 2.89. The molecule has 1 aliphatic rings. The van der Waals surface area contributed by atoms with Crippen LogP contribution in [0, 0.1) is 0 Å². The lowest BCUT2D eigenvalue weighted by Gasteiger charge is -2.01. The van der Waals surface area contributed by atoms with E-state index in [1.807, 2.05) is 11.3 Å². The fraction of sp³-hybridized carbons (Fsp3) is 0.455. The summed E-state index contributed by atoms with van der Waals surface area (Å²) in [7, 11) is 0. The molecule has 1 aliphatic carbocycles.